The van der Waals surface area contributed by atoms with Crippen LogP contribution in [0.1, 0.15) is 22.2 Å². The zero-order valence-electron chi connectivity index (χ0n) is 17.2. The second-order valence-corrected chi connectivity index (χ2v) is 8.60. The molecule has 162 valence electrons. The number of rotatable bonds is 6. The second-order valence-electron chi connectivity index (χ2n) is 7.57. The van der Waals surface area contributed by atoms with E-state index in [-0.39, 0.29) is 17.9 Å². The van der Waals surface area contributed by atoms with Crippen LogP contribution in [0.3, 0.4) is 0 Å². The zero-order chi connectivity index (χ0) is 21.8. The van der Waals surface area contributed by atoms with E-state index in [0.29, 0.717) is 18.1 Å². The number of carbonyl (C=O) groups excluding carboxylic acids is 1. The monoisotopic (exact) mass is 442 g/mol. The van der Waals surface area contributed by atoms with E-state index >= 15 is 0 Å². The van der Waals surface area contributed by atoms with Gasteiger partial charge in [0.15, 0.2) is 0 Å². The molecule has 2 aromatic carbocycles. The second kappa shape index (κ2) is 9.58. The molecule has 1 fully saturated rings. The highest BCUT2D eigenvalue weighted by Crippen LogP contribution is 2.39. The molecule has 0 bridgehead atoms. The molecule has 4 nitrogen and oxygen atoms in total. The van der Waals surface area contributed by atoms with Gasteiger partial charge in [0, 0.05) is 30.3 Å². The minimum absolute atomic E-state index is 0.0135. The highest BCUT2D eigenvalue weighted by atomic mass is 32.1. The average molecular weight is 443 g/mol. The quantitative estimate of drug-likeness (QED) is 0.591. The fourth-order valence-corrected chi connectivity index (χ4v) is 4.83. The van der Waals surface area contributed by atoms with Crippen LogP contribution in [0.15, 0.2) is 54.6 Å². The first-order valence-corrected chi connectivity index (χ1v) is 11.1. The Morgan fingerprint density at radius 2 is 1.77 bits per heavy atom. The number of benzene rings is 2. The molecule has 4 rings (SSSR count). The van der Waals surface area contributed by atoms with Gasteiger partial charge >= 0.3 is 0 Å². The summed E-state index contributed by atoms with van der Waals surface area (Å²) in [7, 11) is 0. The van der Waals surface area contributed by atoms with Gasteiger partial charge in [-0.3, -0.25) is 4.79 Å². The highest BCUT2D eigenvalue weighted by molar-refractivity contribution is 7.18. The lowest BCUT2D eigenvalue weighted by molar-refractivity contribution is 0.0943. The van der Waals surface area contributed by atoms with Crippen molar-refractivity contribution in [2.75, 3.05) is 31.2 Å². The molecule has 0 spiro atoms. The lowest BCUT2D eigenvalue weighted by Crippen LogP contribution is -2.36. The minimum Gasteiger partial charge on any atom is -0.378 e. The number of halogens is 2. The molecule has 1 unspecified atom stereocenters. The fourth-order valence-electron chi connectivity index (χ4n) is 3.70. The molecule has 1 aliphatic heterocycles. The van der Waals surface area contributed by atoms with Gasteiger partial charge < -0.3 is 15.0 Å². The van der Waals surface area contributed by atoms with Gasteiger partial charge in [-0.25, -0.2) is 8.78 Å². The number of anilines is 1. The molecule has 2 heterocycles. The molecule has 1 amide bonds. The third kappa shape index (κ3) is 4.94. The summed E-state index contributed by atoms with van der Waals surface area (Å²) >= 11 is 1.43. The summed E-state index contributed by atoms with van der Waals surface area (Å²) in [6.07, 6.45) is 0.0808. The third-order valence-electron chi connectivity index (χ3n) is 5.27. The van der Waals surface area contributed by atoms with Gasteiger partial charge in [-0.2, -0.15) is 0 Å². The van der Waals surface area contributed by atoms with Crippen molar-refractivity contribution in [2.24, 2.45) is 0 Å². The maximum Gasteiger partial charge on any atom is 0.261 e. The van der Waals surface area contributed by atoms with Crippen LogP contribution in [-0.2, 0) is 11.2 Å². The molecule has 0 aliphatic carbocycles. The third-order valence-corrected chi connectivity index (χ3v) is 6.46. The van der Waals surface area contributed by atoms with E-state index in [1.165, 1.54) is 29.5 Å². The van der Waals surface area contributed by atoms with Crippen molar-refractivity contribution in [1.29, 1.82) is 0 Å². The Balaban J connectivity index is 1.55. The Morgan fingerprint density at radius 3 is 2.45 bits per heavy atom. The molecule has 1 aromatic heterocycles. The van der Waals surface area contributed by atoms with Crippen LogP contribution in [-0.4, -0.2) is 38.3 Å². The van der Waals surface area contributed by atoms with E-state index in [4.69, 9.17) is 4.74 Å². The highest BCUT2D eigenvalue weighted by Gasteiger charge is 2.23. The molecule has 7 heteroatoms. The number of nitrogens with one attached hydrogen (secondary N) is 1. The summed E-state index contributed by atoms with van der Waals surface area (Å²) in [4.78, 5) is 15.8. The number of amides is 1. The maximum atomic E-state index is 14.0. The number of hydrogen-bond donors (Lipinski definition) is 1. The van der Waals surface area contributed by atoms with Crippen molar-refractivity contribution in [3.8, 4) is 11.1 Å². The van der Waals surface area contributed by atoms with Crippen LogP contribution in [0.4, 0.5) is 13.8 Å². The van der Waals surface area contributed by atoms with Crippen molar-refractivity contribution in [3.63, 3.8) is 0 Å². The van der Waals surface area contributed by atoms with Crippen molar-refractivity contribution in [3.05, 3.63) is 76.7 Å². The van der Waals surface area contributed by atoms with Gasteiger partial charge in [-0.05, 0) is 37.1 Å². The van der Waals surface area contributed by atoms with E-state index in [1.54, 1.807) is 6.92 Å². The molecule has 31 heavy (non-hydrogen) atoms. The Labute approximate surface area is 184 Å². The van der Waals surface area contributed by atoms with Crippen molar-refractivity contribution in [2.45, 2.75) is 19.4 Å². The van der Waals surface area contributed by atoms with Crippen LogP contribution in [0.5, 0.6) is 0 Å². The summed E-state index contributed by atoms with van der Waals surface area (Å²) in [5, 5.41) is 3.92. The molecule has 1 N–H and O–H groups in total. The van der Waals surface area contributed by atoms with Crippen molar-refractivity contribution < 1.29 is 18.3 Å². The first kappa shape index (κ1) is 21.5. The number of nitrogens with zero attached hydrogens (tertiary/aromatic N) is 1. The van der Waals surface area contributed by atoms with Crippen LogP contribution < -0.4 is 10.2 Å². The predicted molar refractivity (Wildman–Crippen MR) is 120 cm³/mol. The van der Waals surface area contributed by atoms with E-state index in [0.717, 1.165) is 29.2 Å². The molecule has 1 atom stereocenters. The molecular weight excluding hydrogens is 418 g/mol. The number of morpholine rings is 1. The Hall–Kier alpha value is -2.77. The SMILES string of the molecule is CC(Cc1c(F)cccc1F)NC(=O)c1cc(-c2ccccc2)c(N2CCOCC2)s1. The number of ether oxygens (including phenoxy) is 1. The first-order chi connectivity index (χ1) is 15.0. The van der Waals surface area contributed by atoms with Crippen LogP contribution in [0.25, 0.3) is 11.1 Å². The average Bonchev–Trinajstić information content (AvgIpc) is 3.23. The van der Waals surface area contributed by atoms with E-state index in [2.05, 4.69) is 10.2 Å². The Bertz CT molecular complexity index is 1030. The number of hydrogen-bond acceptors (Lipinski definition) is 4. The molecule has 1 aliphatic rings. The smallest absolute Gasteiger partial charge is 0.261 e. The maximum absolute atomic E-state index is 14.0. The summed E-state index contributed by atoms with van der Waals surface area (Å²) in [6, 6.07) is 15.2. The van der Waals surface area contributed by atoms with Crippen LogP contribution in [0.2, 0.25) is 0 Å². The number of carbonyl (C=O) groups is 1. The predicted octanol–water partition coefficient (Wildman–Crippen LogP) is 4.89. The molecule has 0 radical (unpaired) electrons. The largest absolute Gasteiger partial charge is 0.378 e. The number of thiophene rings is 1. The summed E-state index contributed by atoms with van der Waals surface area (Å²) in [6.45, 7) is 4.59. The summed E-state index contributed by atoms with van der Waals surface area (Å²) in [5.74, 6) is -1.44. The molecule has 1 saturated heterocycles. The van der Waals surface area contributed by atoms with Gasteiger partial charge in [-0.15, -0.1) is 11.3 Å². The minimum atomic E-state index is -0.599. The van der Waals surface area contributed by atoms with E-state index in [1.807, 2.05) is 36.4 Å². The summed E-state index contributed by atoms with van der Waals surface area (Å²) < 4.78 is 33.4. The van der Waals surface area contributed by atoms with E-state index in [9.17, 15) is 13.6 Å². The lowest BCUT2D eigenvalue weighted by Gasteiger charge is -2.28. The standard InChI is InChI=1S/C24H24F2N2O2S/c1-16(14-19-20(25)8-5-9-21(19)26)27-23(29)22-15-18(17-6-3-2-4-7-17)24(31-22)28-10-12-30-13-11-28/h2-9,15-16H,10-14H2,1H3,(H,27,29). The molecule has 0 saturated carbocycles. The van der Waals surface area contributed by atoms with Crippen LogP contribution >= 0.6 is 11.3 Å². The fraction of sp³-hybridized carbons (Fsp3) is 0.292. The van der Waals surface area contributed by atoms with E-state index < -0.39 is 17.7 Å². The van der Waals surface area contributed by atoms with Gasteiger partial charge in [0.2, 0.25) is 0 Å². The van der Waals surface area contributed by atoms with Crippen molar-refractivity contribution in [1.82, 2.24) is 5.32 Å². The Morgan fingerprint density at radius 1 is 1.10 bits per heavy atom. The first-order valence-electron chi connectivity index (χ1n) is 10.3. The van der Waals surface area contributed by atoms with Gasteiger partial charge in [0.05, 0.1) is 23.1 Å². The molecular formula is C24H24F2N2O2S. The van der Waals surface area contributed by atoms with Gasteiger partial charge in [0.1, 0.15) is 11.6 Å². The topological polar surface area (TPSA) is 41.6 Å². The summed E-state index contributed by atoms with van der Waals surface area (Å²) in [5.41, 5.74) is 2.03. The van der Waals surface area contributed by atoms with Gasteiger partial charge in [-0.1, -0.05) is 36.4 Å². The molecule has 3 aromatic rings. The van der Waals surface area contributed by atoms with Gasteiger partial charge in [0.25, 0.3) is 5.91 Å². The van der Waals surface area contributed by atoms with Crippen molar-refractivity contribution >= 4 is 22.2 Å². The van der Waals surface area contributed by atoms with Crippen LogP contribution in [0, 0.1) is 11.6 Å². The normalized spacial score (nSPS) is 15.0. The zero-order valence-corrected chi connectivity index (χ0v) is 18.1. The lowest BCUT2D eigenvalue weighted by atomic mass is 10.1. The Kier molecular flexibility index (Phi) is 6.63.